The molecule has 1 aliphatic heterocycles. The van der Waals surface area contributed by atoms with Crippen molar-refractivity contribution in [2.75, 3.05) is 19.6 Å². The van der Waals surface area contributed by atoms with Gasteiger partial charge in [0.1, 0.15) is 5.54 Å². The first-order chi connectivity index (χ1) is 10.1. The summed E-state index contributed by atoms with van der Waals surface area (Å²) in [6.07, 6.45) is 1.48. The summed E-state index contributed by atoms with van der Waals surface area (Å²) in [6, 6.07) is 9.37. The lowest BCUT2D eigenvalue weighted by Crippen LogP contribution is -2.57. The molecule has 2 aliphatic rings. The number of rotatable bonds is 3. The maximum absolute atomic E-state index is 12.7. The van der Waals surface area contributed by atoms with Crippen molar-refractivity contribution in [3.63, 3.8) is 0 Å². The molecule has 22 heavy (non-hydrogen) atoms. The summed E-state index contributed by atoms with van der Waals surface area (Å²) in [7, 11) is 0. The number of nitrogens with zero attached hydrogens (tertiary/aromatic N) is 1. The zero-order valence-electron chi connectivity index (χ0n) is 12.7. The molecule has 1 heterocycles. The Morgan fingerprint density at radius 3 is 2.55 bits per heavy atom. The second kappa shape index (κ2) is 6.67. The molecular formula is C16H22ClN3O2. The largest absolute Gasteiger partial charge is 0.338 e. The molecule has 3 rings (SSSR count). The van der Waals surface area contributed by atoms with Crippen LogP contribution in [0.4, 0.5) is 0 Å². The minimum Gasteiger partial charge on any atom is -0.338 e. The molecule has 0 unspecified atom stereocenters. The van der Waals surface area contributed by atoms with Crippen LogP contribution in [-0.2, 0) is 4.79 Å². The minimum atomic E-state index is -0.663. The first kappa shape index (κ1) is 16.8. The van der Waals surface area contributed by atoms with Crippen LogP contribution in [0.5, 0.6) is 0 Å². The molecule has 1 aromatic carbocycles. The molecule has 1 aromatic rings. The third-order valence-electron chi connectivity index (χ3n) is 4.20. The van der Waals surface area contributed by atoms with E-state index in [1.807, 2.05) is 23.1 Å². The van der Waals surface area contributed by atoms with Gasteiger partial charge in [0.05, 0.1) is 0 Å². The Labute approximate surface area is 136 Å². The Morgan fingerprint density at radius 2 is 1.95 bits per heavy atom. The quantitative estimate of drug-likeness (QED) is 0.878. The predicted molar refractivity (Wildman–Crippen MR) is 87.2 cm³/mol. The number of nitrogens with one attached hydrogen (secondary N) is 2. The number of carbonyl (C=O) groups excluding carboxylic acids is 2. The maximum Gasteiger partial charge on any atom is 0.252 e. The van der Waals surface area contributed by atoms with Crippen LogP contribution in [-0.4, -0.2) is 47.9 Å². The smallest absolute Gasteiger partial charge is 0.252 e. The lowest BCUT2D eigenvalue weighted by atomic mass is 10.1. The normalized spacial score (nSPS) is 22.4. The van der Waals surface area contributed by atoms with Gasteiger partial charge in [-0.2, -0.15) is 0 Å². The van der Waals surface area contributed by atoms with Crippen molar-refractivity contribution in [1.29, 1.82) is 0 Å². The highest BCUT2D eigenvalue weighted by Gasteiger charge is 2.53. The van der Waals surface area contributed by atoms with Crippen LogP contribution in [0.2, 0.25) is 0 Å². The fraction of sp³-hybridized carbons (Fsp3) is 0.500. The van der Waals surface area contributed by atoms with Crippen molar-refractivity contribution < 1.29 is 9.59 Å². The van der Waals surface area contributed by atoms with Gasteiger partial charge < -0.3 is 15.5 Å². The zero-order valence-corrected chi connectivity index (χ0v) is 13.5. The van der Waals surface area contributed by atoms with E-state index >= 15 is 0 Å². The van der Waals surface area contributed by atoms with Crippen LogP contribution in [0, 0.1) is 0 Å². The number of halogens is 1. The third kappa shape index (κ3) is 3.42. The lowest BCUT2D eigenvalue weighted by Gasteiger charge is -2.34. The van der Waals surface area contributed by atoms with E-state index in [4.69, 9.17) is 0 Å². The van der Waals surface area contributed by atoms with Crippen LogP contribution in [0.3, 0.4) is 0 Å². The molecule has 1 saturated heterocycles. The Balaban J connectivity index is 0.00000176. The molecule has 1 saturated carbocycles. The maximum atomic E-state index is 12.7. The average Bonchev–Trinajstić information content (AvgIpc) is 3.28. The minimum absolute atomic E-state index is 0. The van der Waals surface area contributed by atoms with Crippen LogP contribution < -0.4 is 10.6 Å². The van der Waals surface area contributed by atoms with Gasteiger partial charge >= 0.3 is 0 Å². The Hall–Kier alpha value is -1.59. The van der Waals surface area contributed by atoms with E-state index in [0.717, 1.165) is 19.4 Å². The molecule has 2 amide bonds. The monoisotopic (exact) mass is 323 g/mol. The highest BCUT2D eigenvalue weighted by Crippen LogP contribution is 2.37. The predicted octanol–water partition coefficient (Wildman–Crippen LogP) is 1.19. The average molecular weight is 324 g/mol. The van der Waals surface area contributed by atoms with Crippen LogP contribution in [0.25, 0.3) is 0 Å². The van der Waals surface area contributed by atoms with Crippen molar-refractivity contribution in [3.8, 4) is 0 Å². The van der Waals surface area contributed by atoms with Gasteiger partial charge in [-0.15, -0.1) is 12.4 Å². The van der Waals surface area contributed by atoms with Crippen LogP contribution >= 0.6 is 12.4 Å². The van der Waals surface area contributed by atoms with Crippen LogP contribution in [0.15, 0.2) is 30.3 Å². The molecule has 2 N–H and O–H groups in total. The van der Waals surface area contributed by atoms with Gasteiger partial charge in [0.15, 0.2) is 0 Å². The molecule has 0 bridgehead atoms. The fourth-order valence-corrected chi connectivity index (χ4v) is 2.82. The molecular weight excluding hydrogens is 302 g/mol. The van der Waals surface area contributed by atoms with Crippen molar-refractivity contribution >= 4 is 24.2 Å². The van der Waals surface area contributed by atoms with E-state index in [1.54, 1.807) is 12.1 Å². The molecule has 2 fully saturated rings. The van der Waals surface area contributed by atoms with Crippen molar-refractivity contribution in [2.45, 2.75) is 31.3 Å². The Bertz CT molecular complexity index is 546. The summed E-state index contributed by atoms with van der Waals surface area (Å²) in [6.45, 7) is 4.31. The summed E-state index contributed by atoms with van der Waals surface area (Å²) in [5, 5.41) is 6.27. The van der Waals surface area contributed by atoms with Gasteiger partial charge in [0.2, 0.25) is 5.91 Å². The number of benzene rings is 1. The molecule has 6 heteroatoms. The second-order valence-corrected chi connectivity index (χ2v) is 6.01. The second-order valence-electron chi connectivity index (χ2n) is 6.01. The molecule has 1 atom stereocenters. The van der Waals surface area contributed by atoms with E-state index in [1.165, 1.54) is 0 Å². The molecule has 120 valence electrons. The molecule has 0 aromatic heterocycles. The highest BCUT2D eigenvalue weighted by atomic mass is 35.5. The van der Waals surface area contributed by atoms with Crippen molar-refractivity contribution in [1.82, 2.24) is 15.5 Å². The van der Waals surface area contributed by atoms with Gasteiger partial charge in [-0.05, 0) is 31.9 Å². The summed E-state index contributed by atoms with van der Waals surface area (Å²) in [5.74, 6) is -0.0928. The van der Waals surface area contributed by atoms with E-state index in [-0.39, 0.29) is 24.2 Å². The van der Waals surface area contributed by atoms with Gasteiger partial charge in [-0.1, -0.05) is 18.2 Å². The standard InChI is InChI=1S/C16H21N3O2.ClH/c1-12-11-19(10-9-17-12)15(21)16(7-8-16)18-14(20)13-5-3-2-4-6-13;/h2-6,12,17H,7-11H2,1H3,(H,18,20);1H/t12-;/m0./s1. The zero-order chi connectivity index (χ0) is 14.9. The van der Waals surface area contributed by atoms with E-state index < -0.39 is 5.54 Å². The van der Waals surface area contributed by atoms with E-state index in [2.05, 4.69) is 17.6 Å². The van der Waals surface area contributed by atoms with Gasteiger partial charge in [0.25, 0.3) is 5.91 Å². The number of amides is 2. The summed E-state index contributed by atoms with van der Waals surface area (Å²) < 4.78 is 0. The van der Waals surface area contributed by atoms with Gasteiger partial charge in [-0.3, -0.25) is 9.59 Å². The first-order valence-electron chi connectivity index (χ1n) is 7.51. The van der Waals surface area contributed by atoms with E-state index in [9.17, 15) is 9.59 Å². The number of hydrogen-bond donors (Lipinski definition) is 2. The van der Waals surface area contributed by atoms with Gasteiger partial charge in [-0.25, -0.2) is 0 Å². The third-order valence-corrected chi connectivity index (χ3v) is 4.20. The first-order valence-corrected chi connectivity index (χ1v) is 7.51. The summed E-state index contributed by atoms with van der Waals surface area (Å²) >= 11 is 0. The topological polar surface area (TPSA) is 61.4 Å². The van der Waals surface area contributed by atoms with E-state index in [0.29, 0.717) is 24.7 Å². The number of piperazine rings is 1. The molecule has 0 radical (unpaired) electrons. The number of hydrogen-bond acceptors (Lipinski definition) is 3. The Morgan fingerprint density at radius 1 is 1.27 bits per heavy atom. The highest BCUT2D eigenvalue weighted by molar-refractivity contribution is 6.00. The molecule has 5 nitrogen and oxygen atoms in total. The SMILES string of the molecule is C[C@H]1CN(C(=O)C2(NC(=O)c3ccccc3)CC2)CCN1.Cl. The summed E-state index contributed by atoms with van der Waals surface area (Å²) in [4.78, 5) is 26.8. The molecule has 1 aliphatic carbocycles. The summed E-state index contributed by atoms with van der Waals surface area (Å²) in [5.41, 5.74) is -0.0606. The van der Waals surface area contributed by atoms with Crippen LogP contribution in [0.1, 0.15) is 30.1 Å². The molecule has 0 spiro atoms. The Kier molecular flexibility index (Phi) is 5.08. The van der Waals surface area contributed by atoms with Crippen molar-refractivity contribution in [3.05, 3.63) is 35.9 Å². The fourth-order valence-electron chi connectivity index (χ4n) is 2.82. The van der Waals surface area contributed by atoms with Crippen molar-refractivity contribution in [2.24, 2.45) is 0 Å². The lowest BCUT2D eigenvalue weighted by molar-refractivity contribution is -0.135. The van der Waals surface area contributed by atoms with Gasteiger partial charge in [0, 0.05) is 31.2 Å². The number of carbonyl (C=O) groups is 2.